The summed E-state index contributed by atoms with van der Waals surface area (Å²) in [5.74, 6) is -0.0404. The molecule has 80 valence electrons. The van der Waals surface area contributed by atoms with Gasteiger partial charge in [-0.1, -0.05) is 24.6 Å². The van der Waals surface area contributed by atoms with Gasteiger partial charge in [-0.25, -0.2) is 0 Å². The summed E-state index contributed by atoms with van der Waals surface area (Å²) < 4.78 is 11.9. The lowest BCUT2D eigenvalue weighted by Gasteiger charge is -2.06. The monoisotopic (exact) mass is 243 g/mol. The van der Waals surface area contributed by atoms with Crippen LogP contribution in [0.1, 0.15) is 6.92 Å². The Bertz CT molecular complexity index is 447. The molecule has 1 aliphatic heterocycles. The summed E-state index contributed by atoms with van der Waals surface area (Å²) in [6.45, 7) is 1.76. The molecule has 0 fully saturated rings. The van der Waals surface area contributed by atoms with Crippen LogP contribution in [0.25, 0.3) is 0 Å². The minimum Gasteiger partial charge on any atom is -0.325 e. The molecule has 3 nitrogen and oxygen atoms in total. The van der Waals surface area contributed by atoms with Crippen LogP contribution in [0.4, 0.5) is 5.69 Å². The summed E-state index contributed by atoms with van der Waals surface area (Å²) in [4.78, 5) is 12.1. The van der Waals surface area contributed by atoms with Gasteiger partial charge in [-0.05, 0) is 12.1 Å². The Labute approximate surface area is 95.3 Å². The van der Waals surface area contributed by atoms with Gasteiger partial charge in [0.2, 0.25) is 5.91 Å². The standard InChI is InChI=1S/C10H10ClNO2S/c1-6-5-15(14)9-7(11)3-2-4-8(9)12-10(6)13/h2-4,6H,5H2,1H3,(H,12,13). The molecule has 1 heterocycles. The number of hydrogen-bond acceptors (Lipinski definition) is 2. The lowest BCUT2D eigenvalue weighted by atomic mass is 10.2. The van der Waals surface area contributed by atoms with Crippen LogP contribution in [-0.4, -0.2) is 15.9 Å². The Morgan fingerprint density at radius 1 is 1.53 bits per heavy atom. The average Bonchev–Trinajstić information content (AvgIpc) is 2.26. The fourth-order valence-corrected chi connectivity index (χ4v) is 3.34. The zero-order valence-electron chi connectivity index (χ0n) is 8.12. The predicted octanol–water partition coefficient (Wildman–Crippen LogP) is 2.04. The Morgan fingerprint density at radius 3 is 3.00 bits per heavy atom. The number of nitrogens with one attached hydrogen (secondary N) is 1. The molecular formula is C10H10ClNO2S. The largest absolute Gasteiger partial charge is 0.325 e. The Balaban J connectivity index is 2.56. The first-order chi connectivity index (χ1) is 7.09. The summed E-state index contributed by atoms with van der Waals surface area (Å²) in [6, 6.07) is 5.13. The minimum absolute atomic E-state index is 0.107. The Hall–Kier alpha value is -0.870. The number of hydrogen-bond donors (Lipinski definition) is 1. The number of carbonyl (C=O) groups is 1. The molecule has 0 spiro atoms. The molecule has 1 N–H and O–H groups in total. The molecule has 0 saturated heterocycles. The average molecular weight is 244 g/mol. The van der Waals surface area contributed by atoms with Gasteiger partial charge in [0.25, 0.3) is 0 Å². The number of fused-ring (bicyclic) bond motifs is 1. The van der Waals surface area contributed by atoms with Crippen LogP contribution in [0, 0.1) is 5.92 Å². The maximum absolute atomic E-state index is 11.9. The van der Waals surface area contributed by atoms with Crippen molar-refractivity contribution in [2.45, 2.75) is 11.8 Å². The van der Waals surface area contributed by atoms with E-state index in [1.165, 1.54) is 0 Å². The van der Waals surface area contributed by atoms with Gasteiger partial charge in [-0.3, -0.25) is 9.00 Å². The van der Waals surface area contributed by atoms with E-state index in [2.05, 4.69) is 5.32 Å². The summed E-state index contributed by atoms with van der Waals surface area (Å²) in [5.41, 5.74) is 0.565. The molecule has 2 unspecified atom stereocenters. The first-order valence-corrected chi connectivity index (χ1v) is 6.27. The van der Waals surface area contributed by atoms with Gasteiger partial charge >= 0.3 is 0 Å². The third-order valence-corrected chi connectivity index (χ3v) is 4.43. The van der Waals surface area contributed by atoms with Crippen LogP contribution < -0.4 is 5.32 Å². The maximum Gasteiger partial charge on any atom is 0.228 e. The highest BCUT2D eigenvalue weighted by Gasteiger charge is 2.25. The van der Waals surface area contributed by atoms with Crippen molar-refractivity contribution in [2.24, 2.45) is 5.92 Å². The topological polar surface area (TPSA) is 46.2 Å². The van der Waals surface area contributed by atoms with Crippen molar-refractivity contribution in [2.75, 3.05) is 11.1 Å². The third kappa shape index (κ3) is 1.92. The summed E-state index contributed by atoms with van der Waals surface area (Å²) >= 11 is 5.96. The van der Waals surface area contributed by atoms with Gasteiger partial charge in [-0.2, -0.15) is 0 Å². The van der Waals surface area contributed by atoms with Gasteiger partial charge in [0.1, 0.15) is 0 Å². The molecule has 1 aliphatic rings. The fraction of sp³-hybridized carbons (Fsp3) is 0.300. The van der Waals surface area contributed by atoms with Gasteiger partial charge < -0.3 is 5.32 Å². The van der Waals surface area contributed by atoms with E-state index in [1.807, 2.05) is 0 Å². The molecule has 1 amide bonds. The van der Waals surface area contributed by atoms with Crippen molar-refractivity contribution in [3.05, 3.63) is 23.2 Å². The maximum atomic E-state index is 11.9. The summed E-state index contributed by atoms with van der Waals surface area (Å²) in [6.07, 6.45) is 0. The molecule has 0 radical (unpaired) electrons. The van der Waals surface area contributed by atoms with E-state index >= 15 is 0 Å². The first-order valence-electron chi connectivity index (χ1n) is 4.57. The predicted molar refractivity (Wildman–Crippen MR) is 60.5 cm³/mol. The van der Waals surface area contributed by atoms with Crippen molar-refractivity contribution in [1.29, 1.82) is 0 Å². The lowest BCUT2D eigenvalue weighted by Crippen LogP contribution is -2.21. The van der Waals surface area contributed by atoms with Gasteiger partial charge in [0, 0.05) is 11.7 Å². The Kier molecular flexibility index (Phi) is 2.80. The van der Waals surface area contributed by atoms with Gasteiger partial charge in [0.05, 0.1) is 26.4 Å². The second-order valence-electron chi connectivity index (χ2n) is 3.52. The number of rotatable bonds is 0. The van der Waals surface area contributed by atoms with Crippen molar-refractivity contribution < 1.29 is 9.00 Å². The number of carbonyl (C=O) groups excluding carboxylic acids is 1. The molecule has 0 bridgehead atoms. The summed E-state index contributed by atoms with van der Waals surface area (Å²) in [7, 11) is -1.21. The van der Waals surface area contributed by atoms with Gasteiger partial charge in [0.15, 0.2) is 0 Å². The van der Waals surface area contributed by atoms with Crippen LogP contribution in [-0.2, 0) is 15.6 Å². The smallest absolute Gasteiger partial charge is 0.228 e. The van der Waals surface area contributed by atoms with E-state index in [9.17, 15) is 9.00 Å². The van der Waals surface area contributed by atoms with Crippen LogP contribution in [0.3, 0.4) is 0 Å². The van der Waals surface area contributed by atoms with Crippen LogP contribution in [0.15, 0.2) is 23.1 Å². The molecule has 15 heavy (non-hydrogen) atoms. The minimum atomic E-state index is -1.21. The van der Waals surface area contributed by atoms with Crippen LogP contribution in [0.5, 0.6) is 0 Å². The highest BCUT2D eigenvalue weighted by Crippen LogP contribution is 2.31. The molecule has 1 aromatic carbocycles. The lowest BCUT2D eigenvalue weighted by molar-refractivity contribution is -0.118. The zero-order chi connectivity index (χ0) is 11.0. The quantitative estimate of drug-likeness (QED) is 0.758. The molecule has 0 saturated carbocycles. The molecule has 1 aromatic rings. The van der Waals surface area contributed by atoms with E-state index in [0.29, 0.717) is 21.4 Å². The van der Waals surface area contributed by atoms with Gasteiger partial charge in [-0.15, -0.1) is 0 Å². The van der Waals surface area contributed by atoms with Crippen molar-refractivity contribution in [1.82, 2.24) is 0 Å². The number of amides is 1. The molecule has 0 aliphatic carbocycles. The normalized spacial score (nSPS) is 25.3. The van der Waals surface area contributed by atoms with E-state index < -0.39 is 10.8 Å². The van der Waals surface area contributed by atoms with Crippen molar-refractivity contribution in [3.63, 3.8) is 0 Å². The van der Waals surface area contributed by atoms with E-state index in [1.54, 1.807) is 25.1 Å². The van der Waals surface area contributed by atoms with Crippen LogP contribution in [0.2, 0.25) is 5.02 Å². The molecule has 2 atom stereocenters. The van der Waals surface area contributed by atoms with Crippen LogP contribution >= 0.6 is 11.6 Å². The highest BCUT2D eigenvalue weighted by molar-refractivity contribution is 7.85. The second-order valence-corrected chi connectivity index (χ2v) is 5.36. The highest BCUT2D eigenvalue weighted by atomic mass is 35.5. The zero-order valence-corrected chi connectivity index (χ0v) is 9.69. The third-order valence-electron chi connectivity index (χ3n) is 2.30. The van der Waals surface area contributed by atoms with E-state index in [0.717, 1.165) is 0 Å². The second kappa shape index (κ2) is 3.94. The molecule has 0 aromatic heterocycles. The number of anilines is 1. The fourth-order valence-electron chi connectivity index (χ4n) is 1.48. The number of halogens is 1. The Morgan fingerprint density at radius 2 is 2.27 bits per heavy atom. The van der Waals surface area contributed by atoms with Crippen molar-refractivity contribution >= 4 is 34.0 Å². The number of benzene rings is 1. The molecule has 2 rings (SSSR count). The van der Waals surface area contributed by atoms with Crippen molar-refractivity contribution in [3.8, 4) is 0 Å². The molecular weight excluding hydrogens is 234 g/mol. The first kappa shape index (κ1) is 10.6. The SMILES string of the molecule is CC1CS(=O)c2c(Cl)cccc2NC1=O. The summed E-state index contributed by atoms with van der Waals surface area (Å²) in [5, 5.41) is 3.17. The van der Waals surface area contributed by atoms with E-state index in [4.69, 9.17) is 11.6 Å². The van der Waals surface area contributed by atoms with E-state index in [-0.39, 0.29) is 11.8 Å². The molecule has 5 heteroatoms.